The fraction of sp³-hybridized carbons (Fsp3) is 0.273. The predicted molar refractivity (Wildman–Crippen MR) is 63.3 cm³/mol. The van der Waals surface area contributed by atoms with Gasteiger partial charge in [-0.05, 0) is 54.4 Å². The zero-order valence-electron chi connectivity index (χ0n) is 8.95. The average Bonchev–Trinajstić information content (AvgIpc) is 2.50. The number of rotatable bonds is 1. The van der Waals surface area contributed by atoms with E-state index in [0.29, 0.717) is 0 Å². The molecule has 2 heterocycles. The van der Waals surface area contributed by atoms with E-state index < -0.39 is 0 Å². The number of nitrogens with zero attached hydrogens (tertiary/aromatic N) is 3. The lowest BCUT2D eigenvalue weighted by atomic mass is 10.3. The summed E-state index contributed by atoms with van der Waals surface area (Å²) in [5.41, 5.74) is 3.25. The Kier molecular flexibility index (Phi) is 2.61. The number of aryl methyl sites for hydroxylation is 3. The maximum Gasteiger partial charge on any atom is 0.168 e. The number of aromatic nitrogens is 3. The minimum atomic E-state index is 0.848. The van der Waals surface area contributed by atoms with Gasteiger partial charge < -0.3 is 0 Å². The third kappa shape index (κ3) is 1.81. The Bertz CT molecular complexity index is 503. The molecule has 0 saturated heterocycles. The van der Waals surface area contributed by atoms with E-state index in [9.17, 15) is 0 Å². The molecule has 0 aromatic carbocycles. The van der Waals surface area contributed by atoms with Crippen molar-refractivity contribution in [1.82, 2.24) is 14.8 Å². The average molecular weight is 266 g/mol. The summed E-state index contributed by atoms with van der Waals surface area (Å²) in [5, 5.41) is 4.41. The van der Waals surface area contributed by atoms with Crippen molar-refractivity contribution in [3.63, 3.8) is 0 Å². The second-order valence-corrected chi connectivity index (χ2v) is 4.40. The molecule has 2 aromatic heterocycles. The highest BCUT2D eigenvalue weighted by Gasteiger charge is 2.09. The largest absolute Gasteiger partial charge is 0.236 e. The third-order valence-corrected chi connectivity index (χ3v) is 3.25. The molecular formula is C11H12BrN3. The van der Waals surface area contributed by atoms with E-state index in [1.165, 1.54) is 0 Å². The topological polar surface area (TPSA) is 30.7 Å². The van der Waals surface area contributed by atoms with Crippen LogP contribution in [-0.2, 0) is 0 Å². The van der Waals surface area contributed by atoms with Gasteiger partial charge in [-0.15, -0.1) is 0 Å². The molecule has 0 amide bonds. The molecule has 2 aromatic rings. The van der Waals surface area contributed by atoms with Crippen LogP contribution >= 0.6 is 15.9 Å². The molecule has 0 fully saturated rings. The molecule has 15 heavy (non-hydrogen) atoms. The fourth-order valence-electron chi connectivity index (χ4n) is 1.52. The Balaban J connectivity index is 2.64. The minimum Gasteiger partial charge on any atom is -0.236 e. The number of hydrogen-bond acceptors (Lipinski definition) is 2. The first-order valence-electron chi connectivity index (χ1n) is 4.74. The Hall–Kier alpha value is -1.16. The van der Waals surface area contributed by atoms with E-state index in [-0.39, 0.29) is 0 Å². The molecule has 0 aliphatic carbocycles. The molecule has 4 heteroatoms. The summed E-state index contributed by atoms with van der Waals surface area (Å²) >= 11 is 3.54. The van der Waals surface area contributed by atoms with Crippen molar-refractivity contribution < 1.29 is 0 Å². The second kappa shape index (κ2) is 3.77. The summed E-state index contributed by atoms with van der Waals surface area (Å²) < 4.78 is 2.85. The first-order valence-corrected chi connectivity index (χ1v) is 5.53. The molecule has 0 unspecified atom stereocenters. The normalized spacial score (nSPS) is 10.7. The summed E-state index contributed by atoms with van der Waals surface area (Å²) in [6.07, 6.45) is 1.80. The molecule has 0 radical (unpaired) electrons. The first-order chi connectivity index (χ1) is 7.09. The van der Waals surface area contributed by atoms with Gasteiger partial charge in [-0.3, -0.25) is 0 Å². The van der Waals surface area contributed by atoms with Gasteiger partial charge in [0, 0.05) is 11.9 Å². The molecule has 0 bridgehead atoms. The van der Waals surface area contributed by atoms with Gasteiger partial charge in [-0.1, -0.05) is 0 Å². The van der Waals surface area contributed by atoms with E-state index in [2.05, 4.69) is 26.0 Å². The smallest absolute Gasteiger partial charge is 0.168 e. The Morgan fingerprint density at radius 3 is 2.60 bits per heavy atom. The van der Waals surface area contributed by atoms with Gasteiger partial charge in [0.05, 0.1) is 10.2 Å². The molecule has 0 saturated carbocycles. The zero-order chi connectivity index (χ0) is 11.0. The van der Waals surface area contributed by atoms with Crippen LogP contribution in [0.25, 0.3) is 5.82 Å². The van der Waals surface area contributed by atoms with Crippen LogP contribution in [0.2, 0.25) is 0 Å². The number of pyridine rings is 1. The van der Waals surface area contributed by atoms with Gasteiger partial charge in [-0.2, -0.15) is 5.10 Å². The standard InChI is InChI=1S/C11H12BrN3/c1-7-4-5-13-11(10(7)12)15-9(3)6-8(2)14-15/h4-6H,1-3H3. The lowest BCUT2D eigenvalue weighted by Gasteiger charge is -2.07. The van der Waals surface area contributed by atoms with Crippen molar-refractivity contribution in [3.8, 4) is 5.82 Å². The Morgan fingerprint density at radius 2 is 2.00 bits per heavy atom. The highest BCUT2D eigenvalue weighted by molar-refractivity contribution is 9.10. The van der Waals surface area contributed by atoms with Gasteiger partial charge in [0.15, 0.2) is 5.82 Å². The van der Waals surface area contributed by atoms with Crippen LogP contribution in [0.4, 0.5) is 0 Å². The van der Waals surface area contributed by atoms with Crippen molar-refractivity contribution in [2.45, 2.75) is 20.8 Å². The van der Waals surface area contributed by atoms with Gasteiger partial charge >= 0.3 is 0 Å². The summed E-state index contributed by atoms with van der Waals surface area (Å²) in [7, 11) is 0. The van der Waals surface area contributed by atoms with Crippen molar-refractivity contribution >= 4 is 15.9 Å². The molecule has 78 valence electrons. The zero-order valence-corrected chi connectivity index (χ0v) is 10.5. The van der Waals surface area contributed by atoms with Gasteiger partial charge in [0.25, 0.3) is 0 Å². The molecule has 0 N–H and O–H groups in total. The molecule has 2 rings (SSSR count). The summed E-state index contributed by atoms with van der Waals surface area (Å²) in [6.45, 7) is 6.05. The van der Waals surface area contributed by atoms with Crippen molar-refractivity contribution in [1.29, 1.82) is 0 Å². The first kappa shape index (κ1) is 10.4. The van der Waals surface area contributed by atoms with Gasteiger partial charge in [0.2, 0.25) is 0 Å². The third-order valence-electron chi connectivity index (χ3n) is 2.27. The van der Waals surface area contributed by atoms with Gasteiger partial charge in [-0.25, -0.2) is 9.67 Å². The maximum atomic E-state index is 4.41. The monoisotopic (exact) mass is 265 g/mol. The second-order valence-electron chi connectivity index (χ2n) is 3.60. The van der Waals surface area contributed by atoms with E-state index in [4.69, 9.17) is 0 Å². The predicted octanol–water partition coefficient (Wildman–Crippen LogP) is 2.96. The van der Waals surface area contributed by atoms with Crippen molar-refractivity contribution in [2.24, 2.45) is 0 Å². The molecule has 3 nitrogen and oxygen atoms in total. The molecule has 0 spiro atoms. The summed E-state index contributed by atoms with van der Waals surface area (Å²) in [6, 6.07) is 4.01. The lowest BCUT2D eigenvalue weighted by molar-refractivity contribution is 0.800. The van der Waals surface area contributed by atoms with Crippen LogP contribution in [0.3, 0.4) is 0 Å². The van der Waals surface area contributed by atoms with Gasteiger partial charge in [0.1, 0.15) is 0 Å². The molecule has 0 aliphatic rings. The molecule has 0 aliphatic heterocycles. The highest BCUT2D eigenvalue weighted by atomic mass is 79.9. The lowest BCUT2D eigenvalue weighted by Crippen LogP contribution is -2.03. The van der Waals surface area contributed by atoms with E-state index in [1.807, 2.05) is 37.6 Å². The van der Waals surface area contributed by atoms with Crippen LogP contribution in [0, 0.1) is 20.8 Å². The van der Waals surface area contributed by atoms with E-state index in [0.717, 1.165) is 27.2 Å². The Labute approximate surface area is 97.3 Å². The van der Waals surface area contributed by atoms with E-state index >= 15 is 0 Å². The number of hydrogen-bond donors (Lipinski definition) is 0. The fourth-order valence-corrected chi connectivity index (χ4v) is 1.92. The number of halogens is 1. The van der Waals surface area contributed by atoms with Crippen LogP contribution < -0.4 is 0 Å². The quantitative estimate of drug-likeness (QED) is 0.794. The van der Waals surface area contributed by atoms with Crippen LogP contribution in [0.5, 0.6) is 0 Å². The summed E-state index contributed by atoms with van der Waals surface area (Å²) in [4.78, 5) is 4.34. The van der Waals surface area contributed by atoms with Crippen LogP contribution in [0.1, 0.15) is 17.0 Å². The molecular weight excluding hydrogens is 254 g/mol. The molecule has 0 atom stereocenters. The summed E-state index contributed by atoms with van der Waals surface area (Å²) in [5.74, 6) is 0.848. The van der Waals surface area contributed by atoms with E-state index in [1.54, 1.807) is 6.20 Å². The van der Waals surface area contributed by atoms with Crippen molar-refractivity contribution in [3.05, 3.63) is 39.8 Å². The maximum absolute atomic E-state index is 4.41. The highest BCUT2D eigenvalue weighted by Crippen LogP contribution is 2.23. The Morgan fingerprint density at radius 1 is 1.27 bits per heavy atom. The SMILES string of the molecule is Cc1cc(C)n(-c2nccc(C)c2Br)n1. The van der Waals surface area contributed by atoms with Crippen LogP contribution in [-0.4, -0.2) is 14.8 Å². The van der Waals surface area contributed by atoms with Crippen molar-refractivity contribution in [2.75, 3.05) is 0 Å². The minimum absolute atomic E-state index is 0.848. The van der Waals surface area contributed by atoms with Crippen LogP contribution in [0.15, 0.2) is 22.8 Å².